The first-order chi connectivity index (χ1) is 12.2. The van der Waals surface area contributed by atoms with Gasteiger partial charge in [0.1, 0.15) is 11.4 Å². The molecule has 1 saturated carbocycles. The molecular formula is C20H29N3O3. The van der Waals surface area contributed by atoms with Crippen LogP contribution < -0.4 is 10.2 Å². The van der Waals surface area contributed by atoms with Crippen molar-refractivity contribution in [2.75, 3.05) is 24.5 Å². The Hall–Kier alpha value is -2.11. The molecular weight excluding hydrogens is 330 g/mol. The number of hydrogen-bond donors (Lipinski definition) is 1. The van der Waals surface area contributed by atoms with Crippen molar-refractivity contribution in [3.63, 3.8) is 0 Å². The Balaban J connectivity index is 1.44. The van der Waals surface area contributed by atoms with E-state index in [4.69, 9.17) is 4.74 Å². The van der Waals surface area contributed by atoms with E-state index < -0.39 is 11.7 Å². The summed E-state index contributed by atoms with van der Waals surface area (Å²) in [7, 11) is 0. The second kappa shape index (κ2) is 7.25. The van der Waals surface area contributed by atoms with E-state index in [1.54, 1.807) is 6.20 Å². The fourth-order valence-corrected chi connectivity index (χ4v) is 3.40. The van der Waals surface area contributed by atoms with Gasteiger partial charge in [-0.15, -0.1) is 0 Å². The largest absolute Gasteiger partial charge is 0.444 e. The van der Waals surface area contributed by atoms with E-state index in [-0.39, 0.29) is 11.7 Å². The van der Waals surface area contributed by atoms with Gasteiger partial charge in [-0.3, -0.25) is 4.79 Å². The van der Waals surface area contributed by atoms with E-state index in [9.17, 15) is 9.59 Å². The van der Waals surface area contributed by atoms with Crippen LogP contribution in [-0.4, -0.2) is 42.1 Å². The SMILES string of the molecule is C[C@H](CNC(=O)OC(C)(C)C)CC(=O)c1ccc(N2CC3CC3C2)nc1. The number of carbonyl (C=O) groups excluding carboxylic acids is 2. The maximum absolute atomic E-state index is 12.4. The molecule has 1 amide bonds. The van der Waals surface area contributed by atoms with Crippen molar-refractivity contribution in [2.45, 2.75) is 46.1 Å². The van der Waals surface area contributed by atoms with Crippen LogP contribution in [0.2, 0.25) is 0 Å². The lowest BCUT2D eigenvalue weighted by molar-refractivity contribution is 0.0517. The van der Waals surface area contributed by atoms with Gasteiger partial charge in [0, 0.05) is 37.8 Å². The summed E-state index contributed by atoms with van der Waals surface area (Å²) in [5.74, 6) is 2.76. The molecule has 3 atom stereocenters. The summed E-state index contributed by atoms with van der Waals surface area (Å²) in [4.78, 5) is 30.9. The average Bonchev–Trinajstić information content (AvgIpc) is 3.17. The van der Waals surface area contributed by atoms with E-state index in [2.05, 4.69) is 15.2 Å². The summed E-state index contributed by atoms with van der Waals surface area (Å²) in [5.41, 5.74) is 0.106. The Kier molecular flexibility index (Phi) is 5.21. The number of Topliss-reactive ketones (excluding diaryl/α,β-unsaturated/α-hetero) is 1. The van der Waals surface area contributed by atoms with Crippen molar-refractivity contribution in [3.8, 4) is 0 Å². The molecule has 3 rings (SSSR count). The first-order valence-electron chi connectivity index (χ1n) is 9.42. The first-order valence-corrected chi connectivity index (χ1v) is 9.42. The minimum absolute atomic E-state index is 0.0281. The number of nitrogens with zero attached hydrogens (tertiary/aromatic N) is 2. The van der Waals surface area contributed by atoms with Gasteiger partial charge < -0.3 is 15.0 Å². The number of alkyl carbamates (subject to hydrolysis) is 1. The number of anilines is 1. The van der Waals surface area contributed by atoms with Crippen LogP contribution in [0, 0.1) is 17.8 Å². The second-order valence-corrected chi connectivity index (χ2v) is 8.68. The van der Waals surface area contributed by atoms with Gasteiger partial charge in [0.25, 0.3) is 0 Å². The summed E-state index contributed by atoms with van der Waals surface area (Å²) in [6.07, 6.45) is 2.95. The summed E-state index contributed by atoms with van der Waals surface area (Å²) in [6.45, 7) is 10.00. The van der Waals surface area contributed by atoms with Gasteiger partial charge >= 0.3 is 6.09 Å². The Bertz CT molecular complexity index is 656. The number of amides is 1. The van der Waals surface area contributed by atoms with E-state index in [1.807, 2.05) is 39.8 Å². The highest BCUT2D eigenvalue weighted by Crippen LogP contribution is 2.45. The third kappa shape index (κ3) is 4.96. The molecule has 2 aliphatic rings. The molecule has 0 bridgehead atoms. The zero-order chi connectivity index (χ0) is 18.9. The zero-order valence-corrected chi connectivity index (χ0v) is 16.1. The average molecular weight is 359 g/mol. The fourth-order valence-electron chi connectivity index (χ4n) is 3.40. The molecule has 1 aliphatic carbocycles. The molecule has 2 heterocycles. The minimum Gasteiger partial charge on any atom is -0.444 e. The van der Waals surface area contributed by atoms with Crippen molar-refractivity contribution in [1.29, 1.82) is 0 Å². The molecule has 26 heavy (non-hydrogen) atoms. The van der Waals surface area contributed by atoms with Crippen LogP contribution in [0.25, 0.3) is 0 Å². The van der Waals surface area contributed by atoms with Gasteiger partial charge in [-0.2, -0.15) is 0 Å². The number of carbonyl (C=O) groups is 2. The molecule has 0 aromatic carbocycles. The van der Waals surface area contributed by atoms with Gasteiger partial charge in [0.2, 0.25) is 0 Å². The van der Waals surface area contributed by atoms with E-state index in [0.717, 1.165) is 30.7 Å². The quantitative estimate of drug-likeness (QED) is 0.789. The number of ketones is 1. The van der Waals surface area contributed by atoms with Crippen LogP contribution in [0.15, 0.2) is 18.3 Å². The molecule has 1 N–H and O–H groups in total. The van der Waals surface area contributed by atoms with Crippen LogP contribution in [0.3, 0.4) is 0 Å². The highest BCUT2D eigenvalue weighted by Gasteiger charge is 2.45. The molecule has 1 aromatic heterocycles. The number of hydrogen-bond acceptors (Lipinski definition) is 5. The van der Waals surface area contributed by atoms with E-state index >= 15 is 0 Å². The number of pyridine rings is 1. The Labute approximate surface area is 155 Å². The summed E-state index contributed by atoms with van der Waals surface area (Å²) in [6, 6.07) is 3.81. The lowest BCUT2D eigenvalue weighted by Gasteiger charge is -2.20. The summed E-state index contributed by atoms with van der Waals surface area (Å²) >= 11 is 0. The number of aromatic nitrogens is 1. The highest BCUT2D eigenvalue weighted by atomic mass is 16.6. The molecule has 1 aromatic rings. The van der Waals surface area contributed by atoms with E-state index in [0.29, 0.717) is 18.5 Å². The molecule has 0 radical (unpaired) electrons. The summed E-state index contributed by atoms with van der Waals surface area (Å²) < 4.78 is 5.20. The maximum Gasteiger partial charge on any atom is 0.407 e. The van der Waals surface area contributed by atoms with Crippen molar-refractivity contribution in [3.05, 3.63) is 23.9 Å². The monoisotopic (exact) mass is 359 g/mol. The molecule has 2 unspecified atom stereocenters. The van der Waals surface area contributed by atoms with Crippen molar-refractivity contribution in [2.24, 2.45) is 17.8 Å². The lowest BCUT2D eigenvalue weighted by Crippen LogP contribution is -2.35. The van der Waals surface area contributed by atoms with Crippen molar-refractivity contribution >= 4 is 17.7 Å². The zero-order valence-electron chi connectivity index (χ0n) is 16.1. The maximum atomic E-state index is 12.4. The molecule has 1 aliphatic heterocycles. The third-order valence-electron chi connectivity index (χ3n) is 4.90. The second-order valence-electron chi connectivity index (χ2n) is 8.68. The third-order valence-corrected chi connectivity index (χ3v) is 4.90. The standard InChI is InChI=1S/C20H29N3O3/c1-13(9-22-19(25)26-20(2,3)4)7-17(24)14-5-6-18(21-10-14)23-11-15-8-16(15)12-23/h5-6,10,13,15-16H,7-9,11-12H2,1-4H3,(H,22,25)/t13-,15?,16?/m0/s1. The number of piperidine rings is 1. The van der Waals surface area contributed by atoms with Crippen LogP contribution >= 0.6 is 0 Å². The van der Waals surface area contributed by atoms with Crippen LogP contribution in [0.4, 0.5) is 10.6 Å². The van der Waals surface area contributed by atoms with Crippen molar-refractivity contribution in [1.82, 2.24) is 10.3 Å². The van der Waals surface area contributed by atoms with Gasteiger partial charge in [-0.05, 0) is 57.1 Å². The predicted octanol–water partition coefficient (Wildman–Crippen LogP) is 3.27. The normalized spacial score (nSPS) is 22.5. The van der Waals surface area contributed by atoms with Gasteiger partial charge in [0.15, 0.2) is 5.78 Å². The van der Waals surface area contributed by atoms with Gasteiger partial charge in [-0.1, -0.05) is 6.92 Å². The molecule has 6 nitrogen and oxygen atoms in total. The summed E-state index contributed by atoms with van der Waals surface area (Å²) in [5, 5.41) is 2.71. The molecule has 142 valence electrons. The number of fused-ring (bicyclic) bond motifs is 1. The Morgan fingerprint density at radius 3 is 2.58 bits per heavy atom. The molecule has 2 fully saturated rings. The number of nitrogens with one attached hydrogen (secondary N) is 1. The Morgan fingerprint density at radius 2 is 2.00 bits per heavy atom. The van der Waals surface area contributed by atoms with Crippen molar-refractivity contribution < 1.29 is 14.3 Å². The van der Waals surface area contributed by atoms with Crippen LogP contribution in [-0.2, 0) is 4.74 Å². The smallest absolute Gasteiger partial charge is 0.407 e. The van der Waals surface area contributed by atoms with Gasteiger partial charge in [-0.25, -0.2) is 9.78 Å². The minimum atomic E-state index is -0.521. The fraction of sp³-hybridized carbons (Fsp3) is 0.650. The van der Waals surface area contributed by atoms with Crippen LogP contribution in [0.1, 0.15) is 50.9 Å². The molecule has 6 heteroatoms. The Morgan fingerprint density at radius 1 is 1.31 bits per heavy atom. The number of rotatable bonds is 6. The number of ether oxygens (including phenoxy) is 1. The van der Waals surface area contributed by atoms with Gasteiger partial charge in [0.05, 0.1) is 0 Å². The first kappa shape index (κ1) is 18.7. The topological polar surface area (TPSA) is 71.5 Å². The lowest BCUT2D eigenvalue weighted by atomic mass is 10.0. The van der Waals surface area contributed by atoms with Crippen LogP contribution in [0.5, 0.6) is 0 Å². The predicted molar refractivity (Wildman–Crippen MR) is 100 cm³/mol. The molecule has 0 spiro atoms. The molecule has 1 saturated heterocycles. The highest BCUT2D eigenvalue weighted by molar-refractivity contribution is 5.96. The van der Waals surface area contributed by atoms with E-state index in [1.165, 1.54) is 6.42 Å².